The molecule has 1 aliphatic carbocycles. The minimum absolute atomic E-state index is 0.0263. The van der Waals surface area contributed by atoms with Crippen molar-refractivity contribution in [2.45, 2.75) is 50.7 Å². The molecular weight excluding hydrogens is 230 g/mol. The van der Waals surface area contributed by atoms with Crippen LogP contribution in [0.4, 0.5) is 0 Å². The van der Waals surface area contributed by atoms with E-state index in [4.69, 9.17) is 15.2 Å². The zero-order chi connectivity index (χ0) is 12.8. The van der Waals surface area contributed by atoms with Crippen molar-refractivity contribution in [2.75, 3.05) is 19.8 Å². The second-order valence-electron chi connectivity index (χ2n) is 6.48. The fourth-order valence-electron chi connectivity index (χ4n) is 3.58. The van der Waals surface area contributed by atoms with E-state index in [1.165, 1.54) is 6.42 Å². The van der Waals surface area contributed by atoms with Gasteiger partial charge in [-0.05, 0) is 39.0 Å². The number of Topliss-reactive ketones (excluding diaryl/α,β-unsaturated/α-hetero) is 1. The number of rotatable bonds is 2. The normalized spacial score (nSPS) is 42.8. The number of ether oxygens (including phenoxy) is 2. The van der Waals surface area contributed by atoms with Crippen LogP contribution in [0.25, 0.3) is 0 Å². The van der Waals surface area contributed by atoms with Gasteiger partial charge in [-0.15, -0.1) is 0 Å². The number of carbonyl (C=O) groups excluding carboxylic acids is 1. The summed E-state index contributed by atoms with van der Waals surface area (Å²) < 4.78 is 11.3. The zero-order valence-electron chi connectivity index (χ0n) is 11.1. The second-order valence-corrected chi connectivity index (χ2v) is 6.48. The van der Waals surface area contributed by atoms with Crippen LogP contribution in [0.3, 0.4) is 0 Å². The third-order valence-corrected chi connectivity index (χ3v) is 5.21. The smallest absolute Gasteiger partial charge is 0.145 e. The molecule has 0 radical (unpaired) electrons. The fraction of sp³-hybridized carbons (Fsp3) is 0.929. The van der Waals surface area contributed by atoms with E-state index in [-0.39, 0.29) is 17.6 Å². The molecule has 3 aliphatic rings. The summed E-state index contributed by atoms with van der Waals surface area (Å²) in [6.45, 7) is 3.69. The maximum atomic E-state index is 12.7. The summed E-state index contributed by atoms with van der Waals surface area (Å²) in [4.78, 5) is 12.7. The lowest BCUT2D eigenvalue weighted by Crippen LogP contribution is -2.52. The molecule has 0 aromatic heterocycles. The predicted octanol–water partition coefficient (Wildman–Crippen LogP) is 1.27. The molecule has 4 nitrogen and oxygen atoms in total. The van der Waals surface area contributed by atoms with E-state index >= 15 is 0 Å². The van der Waals surface area contributed by atoms with Gasteiger partial charge in [0.05, 0.1) is 24.2 Å². The lowest BCUT2D eigenvalue weighted by atomic mass is 9.67. The van der Waals surface area contributed by atoms with Gasteiger partial charge in [0.25, 0.3) is 0 Å². The molecule has 18 heavy (non-hydrogen) atoms. The molecule has 0 aromatic carbocycles. The Morgan fingerprint density at radius 1 is 1.39 bits per heavy atom. The maximum absolute atomic E-state index is 12.7. The zero-order valence-corrected chi connectivity index (χ0v) is 11.1. The summed E-state index contributed by atoms with van der Waals surface area (Å²) in [6, 6.07) is -0.148. The molecule has 2 aliphatic heterocycles. The standard InChI is InChI=1S/C14H23NO3/c1-13(9-17-8-11(13)15)12(16)10-3-6-18-14(7-10)4-2-5-14/h10-11H,2-9,15H2,1H3. The fourth-order valence-corrected chi connectivity index (χ4v) is 3.58. The van der Waals surface area contributed by atoms with Crippen LogP contribution in [0.1, 0.15) is 39.0 Å². The minimum atomic E-state index is -0.479. The van der Waals surface area contributed by atoms with Crippen LogP contribution in [0.5, 0.6) is 0 Å². The molecule has 3 unspecified atom stereocenters. The van der Waals surface area contributed by atoms with Gasteiger partial charge < -0.3 is 15.2 Å². The van der Waals surface area contributed by atoms with Crippen LogP contribution in [0, 0.1) is 11.3 Å². The van der Waals surface area contributed by atoms with Gasteiger partial charge in [0.15, 0.2) is 0 Å². The first-order chi connectivity index (χ1) is 8.56. The van der Waals surface area contributed by atoms with Crippen LogP contribution >= 0.6 is 0 Å². The molecule has 2 saturated heterocycles. The van der Waals surface area contributed by atoms with Gasteiger partial charge >= 0.3 is 0 Å². The Balaban J connectivity index is 1.72. The SMILES string of the molecule is CC1(C(=O)C2CCOC3(CCC3)C2)COCC1N. The van der Waals surface area contributed by atoms with Crippen molar-refractivity contribution in [3.05, 3.63) is 0 Å². The Kier molecular flexibility index (Phi) is 3.00. The Bertz CT molecular complexity index is 353. The van der Waals surface area contributed by atoms with E-state index in [1.807, 2.05) is 6.92 Å². The van der Waals surface area contributed by atoms with Gasteiger partial charge in [0.2, 0.25) is 0 Å². The highest BCUT2D eigenvalue weighted by Gasteiger charge is 2.51. The van der Waals surface area contributed by atoms with Gasteiger partial charge in [-0.3, -0.25) is 4.79 Å². The summed E-state index contributed by atoms with van der Waals surface area (Å²) >= 11 is 0. The summed E-state index contributed by atoms with van der Waals surface area (Å²) in [7, 11) is 0. The van der Waals surface area contributed by atoms with Crippen LogP contribution < -0.4 is 5.73 Å². The third-order valence-electron chi connectivity index (χ3n) is 5.21. The van der Waals surface area contributed by atoms with Crippen LogP contribution in [-0.4, -0.2) is 37.2 Å². The van der Waals surface area contributed by atoms with E-state index in [9.17, 15) is 4.79 Å². The van der Waals surface area contributed by atoms with Crippen molar-refractivity contribution < 1.29 is 14.3 Å². The molecule has 1 spiro atoms. The van der Waals surface area contributed by atoms with Gasteiger partial charge in [0.1, 0.15) is 5.78 Å². The average molecular weight is 253 g/mol. The molecule has 0 amide bonds. The molecule has 102 valence electrons. The van der Waals surface area contributed by atoms with Crippen molar-refractivity contribution >= 4 is 5.78 Å². The number of ketones is 1. The molecule has 0 bridgehead atoms. The van der Waals surface area contributed by atoms with Gasteiger partial charge in [-0.2, -0.15) is 0 Å². The van der Waals surface area contributed by atoms with E-state index in [2.05, 4.69) is 0 Å². The molecule has 3 atom stereocenters. The lowest BCUT2D eigenvalue weighted by molar-refractivity contribution is -0.161. The summed E-state index contributed by atoms with van der Waals surface area (Å²) in [5, 5.41) is 0. The molecular formula is C14H23NO3. The highest BCUT2D eigenvalue weighted by Crippen LogP contribution is 2.46. The van der Waals surface area contributed by atoms with Crippen LogP contribution in [0.2, 0.25) is 0 Å². The minimum Gasteiger partial charge on any atom is -0.379 e. The number of hydrogen-bond donors (Lipinski definition) is 1. The number of nitrogens with two attached hydrogens (primary N) is 1. The van der Waals surface area contributed by atoms with Gasteiger partial charge in [-0.1, -0.05) is 0 Å². The third kappa shape index (κ3) is 1.82. The maximum Gasteiger partial charge on any atom is 0.145 e. The van der Waals surface area contributed by atoms with Crippen molar-refractivity contribution in [3.8, 4) is 0 Å². The topological polar surface area (TPSA) is 61.5 Å². The predicted molar refractivity (Wildman–Crippen MR) is 67.2 cm³/mol. The molecule has 2 heterocycles. The van der Waals surface area contributed by atoms with Crippen molar-refractivity contribution in [3.63, 3.8) is 0 Å². The molecule has 4 heteroatoms. The first-order valence-corrected chi connectivity index (χ1v) is 7.07. The highest BCUT2D eigenvalue weighted by molar-refractivity contribution is 5.88. The monoisotopic (exact) mass is 253 g/mol. The number of carbonyl (C=O) groups is 1. The molecule has 3 fully saturated rings. The summed E-state index contributed by atoms with van der Waals surface area (Å²) in [5.74, 6) is 0.430. The first-order valence-electron chi connectivity index (χ1n) is 7.07. The van der Waals surface area contributed by atoms with E-state index in [0.717, 1.165) is 32.3 Å². The Labute approximate surface area is 108 Å². The molecule has 3 rings (SSSR count). The number of hydrogen-bond acceptors (Lipinski definition) is 4. The Morgan fingerprint density at radius 2 is 2.17 bits per heavy atom. The van der Waals surface area contributed by atoms with Gasteiger partial charge in [-0.25, -0.2) is 0 Å². The summed E-state index contributed by atoms with van der Waals surface area (Å²) in [6.07, 6.45) is 5.23. The quantitative estimate of drug-likeness (QED) is 0.805. The highest BCUT2D eigenvalue weighted by atomic mass is 16.5. The molecule has 0 aromatic rings. The van der Waals surface area contributed by atoms with Gasteiger partial charge in [0, 0.05) is 18.6 Å². The van der Waals surface area contributed by atoms with E-state index in [0.29, 0.717) is 19.0 Å². The van der Waals surface area contributed by atoms with Crippen LogP contribution in [0.15, 0.2) is 0 Å². The Hall–Kier alpha value is -0.450. The van der Waals surface area contributed by atoms with Crippen LogP contribution in [-0.2, 0) is 14.3 Å². The van der Waals surface area contributed by atoms with E-state index in [1.54, 1.807) is 0 Å². The average Bonchev–Trinajstić information content (AvgIpc) is 2.68. The largest absolute Gasteiger partial charge is 0.379 e. The van der Waals surface area contributed by atoms with Crippen molar-refractivity contribution in [2.24, 2.45) is 17.1 Å². The lowest BCUT2D eigenvalue weighted by Gasteiger charge is -2.48. The molecule has 1 saturated carbocycles. The van der Waals surface area contributed by atoms with Crippen molar-refractivity contribution in [1.82, 2.24) is 0 Å². The van der Waals surface area contributed by atoms with E-state index < -0.39 is 5.41 Å². The Morgan fingerprint density at radius 3 is 2.72 bits per heavy atom. The molecule has 2 N–H and O–H groups in total. The summed E-state index contributed by atoms with van der Waals surface area (Å²) in [5.41, 5.74) is 5.60. The van der Waals surface area contributed by atoms with Crippen molar-refractivity contribution in [1.29, 1.82) is 0 Å². The first kappa shape index (κ1) is 12.6. The second kappa shape index (κ2) is 4.29.